The predicted octanol–water partition coefficient (Wildman–Crippen LogP) is 4.08. The van der Waals surface area contributed by atoms with Crippen molar-refractivity contribution in [3.05, 3.63) is 59.9 Å². The van der Waals surface area contributed by atoms with Crippen molar-refractivity contribution in [3.63, 3.8) is 0 Å². The fraction of sp³-hybridized carbons (Fsp3) is 0.235. The van der Waals surface area contributed by atoms with Gasteiger partial charge in [0.05, 0.1) is 11.1 Å². The van der Waals surface area contributed by atoms with Crippen LogP contribution in [-0.2, 0) is 10.2 Å². The smallest absolute Gasteiger partial charge is 0.314 e. The summed E-state index contributed by atoms with van der Waals surface area (Å²) in [6.45, 7) is 0. The molecule has 1 fully saturated rings. The van der Waals surface area contributed by atoms with Crippen LogP contribution in [0.4, 0.5) is 15.8 Å². The van der Waals surface area contributed by atoms with Gasteiger partial charge in [-0.05, 0) is 42.7 Å². The molecule has 3 nitrogen and oxygen atoms in total. The molecule has 1 aliphatic rings. The second-order valence-corrected chi connectivity index (χ2v) is 5.42. The maximum Gasteiger partial charge on any atom is 0.314 e. The van der Waals surface area contributed by atoms with E-state index >= 15 is 0 Å². The van der Waals surface area contributed by atoms with Crippen molar-refractivity contribution in [1.29, 1.82) is 0 Å². The number of carboxylic acid groups (broad SMARTS) is 1. The lowest BCUT2D eigenvalue weighted by molar-refractivity contribution is -0.147. The van der Waals surface area contributed by atoms with Crippen molar-refractivity contribution in [3.8, 4) is 0 Å². The minimum Gasteiger partial charge on any atom is -0.481 e. The number of benzene rings is 2. The van der Waals surface area contributed by atoms with E-state index in [9.17, 15) is 14.3 Å². The van der Waals surface area contributed by atoms with Crippen molar-refractivity contribution in [2.45, 2.75) is 24.7 Å². The molecule has 2 aromatic rings. The van der Waals surface area contributed by atoms with Crippen LogP contribution in [0.5, 0.6) is 0 Å². The zero-order chi connectivity index (χ0) is 14.9. The zero-order valence-electron chi connectivity index (χ0n) is 11.5. The number of aliphatic carboxylic acids is 1. The standard InChI is InChI=1S/C17H16FNO2/c18-14-4-1-2-5-15(14)19-13-8-6-12(7-9-13)17(16(20)21)10-3-11-17/h1-2,4-9,19H,3,10-11H2,(H,20,21). The summed E-state index contributed by atoms with van der Waals surface area (Å²) in [4.78, 5) is 11.5. The van der Waals surface area contributed by atoms with Crippen LogP contribution in [0.2, 0.25) is 0 Å². The zero-order valence-corrected chi connectivity index (χ0v) is 11.5. The molecule has 0 aromatic heterocycles. The summed E-state index contributed by atoms with van der Waals surface area (Å²) < 4.78 is 13.6. The molecule has 0 aliphatic heterocycles. The number of hydrogen-bond acceptors (Lipinski definition) is 2. The molecule has 2 N–H and O–H groups in total. The normalized spacial score (nSPS) is 16.0. The third-order valence-corrected chi connectivity index (χ3v) is 4.21. The lowest BCUT2D eigenvalue weighted by atomic mass is 9.64. The summed E-state index contributed by atoms with van der Waals surface area (Å²) >= 11 is 0. The Labute approximate surface area is 122 Å². The number of carboxylic acids is 1. The van der Waals surface area contributed by atoms with Crippen molar-refractivity contribution < 1.29 is 14.3 Å². The summed E-state index contributed by atoms with van der Waals surface area (Å²) in [7, 11) is 0. The molecule has 0 bridgehead atoms. The van der Waals surface area contributed by atoms with Crippen molar-refractivity contribution in [2.75, 3.05) is 5.32 Å². The summed E-state index contributed by atoms with van der Waals surface area (Å²) in [5.74, 6) is -1.08. The van der Waals surface area contributed by atoms with Crippen molar-refractivity contribution in [1.82, 2.24) is 0 Å². The molecule has 0 radical (unpaired) electrons. The van der Waals surface area contributed by atoms with E-state index in [2.05, 4.69) is 5.32 Å². The Balaban J connectivity index is 1.82. The van der Waals surface area contributed by atoms with Crippen molar-refractivity contribution >= 4 is 17.3 Å². The highest BCUT2D eigenvalue weighted by atomic mass is 19.1. The van der Waals surface area contributed by atoms with E-state index in [0.717, 1.165) is 17.7 Å². The number of para-hydroxylation sites is 1. The summed E-state index contributed by atoms with van der Waals surface area (Å²) in [6, 6.07) is 13.7. The van der Waals surface area contributed by atoms with Crippen LogP contribution >= 0.6 is 0 Å². The molecule has 3 rings (SSSR count). The number of carbonyl (C=O) groups is 1. The Bertz CT molecular complexity index is 663. The van der Waals surface area contributed by atoms with Gasteiger partial charge >= 0.3 is 5.97 Å². The highest BCUT2D eigenvalue weighted by Gasteiger charge is 2.45. The van der Waals surface area contributed by atoms with Crippen LogP contribution in [0.1, 0.15) is 24.8 Å². The van der Waals surface area contributed by atoms with Gasteiger partial charge in [0.1, 0.15) is 5.82 Å². The predicted molar refractivity (Wildman–Crippen MR) is 79.3 cm³/mol. The van der Waals surface area contributed by atoms with Crippen molar-refractivity contribution in [2.24, 2.45) is 0 Å². The van der Waals surface area contributed by atoms with E-state index in [-0.39, 0.29) is 5.82 Å². The minimum atomic E-state index is -0.761. The van der Waals surface area contributed by atoms with Gasteiger partial charge in [-0.2, -0.15) is 0 Å². The van der Waals surface area contributed by atoms with Gasteiger partial charge in [-0.1, -0.05) is 30.7 Å². The van der Waals surface area contributed by atoms with Gasteiger partial charge in [-0.25, -0.2) is 4.39 Å². The largest absolute Gasteiger partial charge is 0.481 e. The number of anilines is 2. The van der Waals surface area contributed by atoms with Crippen LogP contribution in [0.15, 0.2) is 48.5 Å². The topological polar surface area (TPSA) is 49.3 Å². The Hall–Kier alpha value is -2.36. The second-order valence-electron chi connectivity index (χ2n) is 5.42. The van der Waals surface area contributed by atoms with Crippen LogP contribution in [0, 0.1) is 5.82 Å². The fourth-order valence-electron chi connectivity index (χ4n) is 2.75. The molecule has 1 aliphatic carbocycles. The highest BCUT2D eigenvalue weighted by molar-refractivity contribution is 5.82. The molecule has 4 heteroatoms. The molecule has 0 spiro atoms. The maximum atomic E-state index is 13.6. The lowest BCUT2D eigenvalue weighted by Crippen LogP contribution is -2.42. The molecule has 0 unspecified atom stereocenters. The molecule has 0 amide bonds. The van der Waals surface area contributed by atoms with Crippen LogP contribution in [-0.4, -0.2) is 11.1 Å². The highest BCUT2D eigenvalue weighted by Crippen LogP contribution is 2.44. The van der Waals surface area contributed by atoms with Crippen LogP contribution < -0.4 is 5.32 Å². The van der Waals surface area contributed by atoms with Gasteiger partial charge in [-0.15, -0.1) is 0 Å². The molecule has 21 heavy (non-hydrogen) atoms. The molecular formula is C17H16FNO2. The Kier molecular flexibility index (Phi) is 3.37. The van der Waals surface area contributed by atoms with Gasteiger partial charge < -0.3 is 10.4 Å². The average molecular weight is 285 g/mol. The van der Waals surface area contributed by atoms with E-state index in [4.69, 9.17) is 0 Å². The number of nitrogens with one attached hydrogen (secondary N) is 1. The summed E-state index contributed by atoms with van der Waals surface area (Å²) in [5.41, 5.74) is 1.24. The molecule has 0 atom stereocenters. The molecule has 2 aromatic carbocycles. The molecular weight excluding hydrogens is 269 g/mol. The van der Waals surface area contributed by atoms with Gasteiger partial charge in [0.25, 0.3) is 0 Å². The first kappa shape index (κ1) is 13.6. The van der Waals surface area contributed by atoms with E-state index in [1.165, 1.54) is 6.07 Å². The van der Waals surface area contributed by atoms with Gasteiger partial charge in [0.15, 0.2) is 0 Å². The second kappa shape index (κ2) is 5.20. The van der Waals surface area contributed by atoms with E-state index in [1.807, 2.05) is 12.1 Å². The van der Waals surface area contributed by atoms with Gasteiger partial charge in [0, 0.05) is 5.69 Å². The van der Waals surface area contributed by atoms with Gasteiger partial charge in [0.2, 0.25) is 0 Å². The van der Waals surface area contributed by atoms with Gasteiger partial charge in [-0.3, -0.25) is 4.79 Å². The molecule has 0 saturated heterocycles. The van der Waals surface area contributed by atoms with Crippen LogP contribution in [0.25, 0.3) is 0 Å². The first-order chi connectivity index (χ1) is 10.1. The monoisotopic (exact) mass is 285 g/mol. The number of hydrogen-bond donors (Lipinski definition) is 2. The fourth-order valence-corrected chi connectivity index (χ4v) is 2.75. The molecule has 1 saturated carbocycles. The number of halogens is 1. The number of rotatable bonds is 4. The third-order valence-electron chi connectivity index (χ3n) is 4.21. The first-order valence-corrected chi connectivity index (χ1v) is 6.97. The third kappa shape index (κ3) is 2.37. The lowest BCUT2D eigenvalue weighted by Gasteiger charge is -2.38. The maximum absolute atomic E-state index is 13.6. The summed E-state index contributed by atoms with van der Waals surface area (Å²) in [5, 5.41) is 12.4. The van der Waals surface area contributed by atoms with E-state index < -0.39 is 11.4 Å². The molecule has 108 valence electrons. The SMILES string of the molecule is O=C(O)C1(c2ccc(Nc3ccccc3F)cc2)CCC1. The Morgan fingerprint density at radius 2 is 1.76 bits per heavy atom. The van der Waals surface area contributed by atoms with Crippen LogP contribution in [0.3, 0.4) is 0 Å². The quantitative estimate of drug-likeness (QED) is 0.890. The average Bonchev–Trinajstić information content (AvgIpc) is 2.41. The van der Waals surface area contributed by atoms with E-state index in [1.54, 1.807) is 30.3 Å². The van der Waals surface area contributed by atoms with E-state index in [0.29, 0.717) is 18.5 Å². The Morgan fingerprint density at radius 3 is 2.29 bits per heavy atom. The Morgan fingerprint density at radius 1 is 1.10 bits per heavy atom. The summed E-state index contributed by atoms with van der Waals surface area (Å²) in [6.07, 6.45) is 2.31. The first-order valence-electron chi connectivity index (χ1n) is 6.97. The molecule has 0 heterocycles. The minimum absolute atomic E-state index is 0.317.